The van der Waals surface area contributed by atoms with Crippen LogP contribution in [0.25, 0.3) is 0 Å². The lowest BCUT2D eigenvalue weighted by Crippen LogP contribution is -2.48. The first kappa shape index (κ1) is 11.4. The Labute approximate surface area is 94.6 Å². The van der Waals surface area contributed by atoms with Crippen LogP contribution in [-0.4, -0.2) is 32.4 Å². The van der Waals surface area contributed by atoms with Crippen molar-refractivity contribution in [2.24, 2.45) is 0 Å². The molecule has 0 aliphatic carbocycles. The Balaban J connectivity index is 1.99. The summed E-state index contributed by atoms with van der Waals surface area (Å²) in [7, 11) is 1.91. The van der Waals surface area contributed by atoms with E-state index >= 15 is 0 Å². The largest absolute Gasteiger partial charge is 0.486 e. The first-order chi connectivity index (χ1) is 7.79. The highest BCUT2D eigenvalue weighted by molar-refractivity contribution is 5.22. The third kappa shape index (κ3) is 2.71. The van der Waals surface area contributed by atoms with Crippen molar-refractivity contribution in [3.05, 3.63) is 30.1 Å². The highest BCUT2D eigenvalue weighted by Gasteiger charge is 2.25. The van der Waals surface area contributed by atoms with Crippen LogP contribution >= 0.6 is 0 Å². The zero-order chi connectivity index (χ0) is 11.4. The summed E-state index contributed by atoms with van der Waals surface area (Å²) in [6.07, 6.45) is 0.923. The van der Waals surface area contributed by atoms with Crippen molar-refractivity contribution in [1.82, 2.24) is 5.32 Å². The van der Waals surface area contributed by atoms with Gasteiger partial charge in [-0.3, -0.25) is 0 Å². The van der Waals surface area contributed by atoms with Gasteiger partial charge in [0.15, 0.2) is 0 Å². The fourth-order valence-corrected chi connectivity index (χ4v) is 1.85. The van der Waals surface area contributed by atoms with E-state index in [2.05, 4.69) is 5.32 Å². The molecule has 1 aliphatic rings. The minimum atomic E-state index is -0.252. The maximum absolute atomic E-state index is 12.7. The number of likely N-dealkylation sites (N-methyl/N-ethyl adjacent to an activating group) is 1. The van der Waals surface area contributed by atoms with E-state index in [0.29, 0.717) is 18.4 Å². The molecular weight excluding hydrogens is 209 g/mol. The van der Waals surface area contributed by atoms with E-state index < -0.39 is 0 Å². The summed E-state index contributed by atoms with van der Waals surface area (Å²) in [6.45, 7) is 1.33. The first-order valence-corrected chi connectivity index (χ1v) is 5.47. The number of rotatable bonds is 3. The second kappa shape index (κ2) is 5.27. The van der Waals surface area contributed by atoms with Gasteiger partial charge in [0.25, 0.3) is 0 Å². The summed E-state index contributed by atoms with van der Waals surface area (Å²) in [4.78, 5) is 0. The average molecular weight is 225 g/mol. The second-order valence-electron chi connectivity index (χ2n) is 3.87. The van der Waals surface area contributed by atoms with Crippen LogP contribution in [0.15, 0.2) is 24.3 Å². The van der Waals surface area contributed by atoms with Gasteiger partial charge in [-0.1, -0.05) is 0 Å². The zero-order valence-corrected chi connectivity index (χ0v) is 9.28. The van der Waals surface area contributed by atoms with Crippen molar-refractivity contribution in [3.8, 4) is 5.75 Å². The molecule has 88 valence electrons. The van der Waals surface area contributed by atoms with E-state index in [1.54, 1.807) is 12.1 Å². The lowest BCUT2D eigenvalue weighted by Gasteiger charge is -2.31. The van der Waals surface area contributed by atoms with Gasteiger partial charge >= 0.3 is 0 Å². The predicted octanol–water partition coefficient (Wildman–Crippen LogP) is 1.58. The number of ether oxygens (including phenoxy) is 2. The molecule has 2 unspecified atom stereocenters. The van der Waals surface area contributed by atoms with Crippen molar-refractivity contribution < 1.29 is 13.9 Å². The van der Waals surface area contributed by atoms with Crippen molar-refractivity contribution in [2.45, 2.75) is 18.6 Å². The lowest BCUT2D eigenvalue weighted by molar-refractivity contribution is -0.0129. The van der Waals surface area contributed by atoms with Gasteiger partial charge in [0.1, 0.15) is 17.7 Å². The Morgan fingerprint density at radius 1 is 1.38 bits per heavy atom. The van der Waals surface area contributed by atoms with Crippen LogP contribution in [0.3, 0.4) is 0 Å². The molecule has 1 aromatic carbocycles. The molecule has 3 nitrogen and oxygen atoms in total. The molecule has 0 amide bonds. The summed E-state index contributed by atoms with van der Waals surface area (Å²) in [5.74, 6) is 0.426. The molecular formula is C12H16FNO2. The Hall–Kier alpha value is -1.13. The van der Waals surface area contributed by atoms with Crippen LogP contribution in [0.2, 0.25) is 0 Å². The third-order valence-electron chi connectivity index (χ3n) is 2.78. The molecule has 2 rings (SSSR count). The number of halogens is 1. The van der Waals surface area contributed by atoms with Crippen molar-refractivity contribution >= 4 is 0 Å². The standard InChI is InChI=1S/C12H16FNO2/c1-14-11-6-7-15-8-12(11)16-10-4-2-9(13)3-5-10/h2-5,11-12,14H,6-8H2,1H3. The molecule has 1 aromatic rings. The molecule has 0 spiro atoms. The Bertz CT molecular complexity index is 328. The summed E-state index contributed by atoms with van der Waals surface area (Å²) in [5.41, 5.74) is 0. The molecule has 0 radical (unpaired) electrons. The van der Waals surface area contributed by atoms with Crippen molar-refractivity contribution in [2.75, 3.05) is 20.3 Å². The Morgan fingerprint density at radius 2 is 2.12 bits per heavy atom. The number of benzene rings is 1. The van der Waals surface area contributed by atoms with Gasteiger partial charge in [0.2, 0.25) is 0 Å². The number of hydrogen-bond donors (Lipinski definition) is 1. The lowest BCUT2D eigenvalue weighted by atomic mass is 10.1. The highest BCUT2D eigenvalue weighted by Crippen LogP contribution is 2.17. The van der Waals surface area contributed by atoms with Gasteiger partial charge in [-0.2, -0.15) is 0 Å². The molecule has 16 heavy (non-hydrogen) atoms. The predicted molar refractivity (Wildman–Crippen MR) is 59.1 cm³/mol. The van der Waals surface area contributed by atoms with Crippen LogP contribution in [0.1, 0.15) is 6.42 Å². The summed E-state index contributed by atoms with van der Waals surface area (Å²) < 4.78 is 23.8. The van der Waals surface area contributed by atoms with Gasteiger partial charge in [-0.25, -0.2) is 4.39 Å². The van der Waals surface area contributed by atoms with E-state index in [9.17, 15) is 4.39 Å². The quantitative estimate of drug-likeness (QED) is 0.847. The van der Waals surface area contributed by atoms with E-state index in [0.717, 1.165) is 13.0 Å². The van der Waals surface area contributed by atoms with E-state index in [1.165, 1.54) is 12.1 Å². The van der Waals surface area contributed by atoms with Crippen LogP contribution in [0, 0.1) is 5.82 Å². The SMILES string of the molecule is CNC1CCOCC1Oc1ccc(F)cc1. The molecule has 1 heterocycles. The van der Waals surface area contributed by atoms with Crippen molar-refractivity contribution in [1.29, 1.82) is 0 Å². The minimum absolute atomic E-state index is 0.00999. The van der Waals surface area contributed by atoms with E-state index in [1.807, 2.05) is 7.05 Å². The van der Waals surface area contributed by atoms with Crippen molar-refractivity contribution in [3.63, 3.8) is 0 Å². The highest BCUT2D eigenvalue weighted by atomic mass is 19.1. The molecule has 0 saturated carbocycles. The summed E-state index contributed by atoms with van der Waals surface area (Å²) in [5, 5.41) is 3.21. The molecule has 2 atom stereocenters. The monoisotopic (exact) mass is 225 g/mol. The second-order valence-corrected chi connectivity index (χ2v) is 3.87. The first-order valence-electron chi connectivity index (χ1n) is 5.47. The summed E-state index contributed by atoms with van der Waals surface area (Å²) in [6, 6.07) is 6.35. The normalized spacial score (nSPS) is 25.4. The maximum Gasteiger partial charge on any atom is 0.137 e. The van der Waals surface area contributed by atoms with Crippen LogP contribution in [0.5, 0.6) is 5.75 Å². The zero-order valence-electron chi connectivity index (χ0n) is 9.28. The van der Waals surface area contributed by atoms with E-state index in [4.69, 9.17) is 9.47 Å². The minimum Gasteiger partial charge on any atom is -0.486 e. The van der Waals surface area contributed by atoms with Gasteiger partial charge < -0.3 is 14.8 Å². The third-order valence-corrected chi connectivity index (χ3v) is 2.78. The molecule has 1 N–H and O–H groups in total. The fraction of sp³-hybridized carbons (Fsp3) is 0.500. The topological polar surface area (TPSA) is 30.5 Å². The number of nitrogens with one attached hydrogen (secondary N) is 1. The average Bonchev–Trinajstić information content (AvgIpc) is 2.33. The van der Waals surface area contributed by atoms with Gasteiger partial charge in [-0.15, -0.1) is 0 Å². The molecule has 1 fully saturated rings. The molecule has 0 bridgehead atoms. The number of hydrogen-bond acceptors (Lipinski definition) is 3. The van der Waals surface area contributed by atoms with Gasteiger partial charge in [-0.05, 0) is 37.7 Å². The van der Waals surface area contributed by atoms with Crippen LogP contribution in [-0.2, 0) is 4.74 Å². The molecule has 0 aromatic heterocycles. The molecule has 1 saturated heterocycles. The smallest absolute Gasteiger partial charge is 0.137 e. The van der Waals surface area contributed by atoms with E-state index in [-0.39, 0.29) is 11.9 Å². The molecule has 1 aliphatic heterocycles. The fourth-order valence-electron chi connectivity index (χ4n) is 1.85. The molecule has 4 heteroatoms. The van der Waals surface area contributed by atoms with Gasteiger partial charge in [0, 0.05) is 12.6 Å². The maximum atomic E-state index is 12.7. The summed E-state index contributed by atoms with van der Waals surface area (Å²) >= 11 is 0. The van der Waals surface area contributed by atoms with Gasteiger partial charge in [0.05, 0.1) is 6.61 Å². The van der Waals surface area contributed by atoms with Crippen LogP contribution < -0.4 is 10.1 Å². The Kier molecular flexibility index (Phi) is 3.74. The Morgan fingerprint density at radius 3 is 2.81 bits per heavy atom. The van der Waals surface area contributed by atoms with Crippen LogP contribution in [0.4, 0.5) is 4.39 Å².